The molecular weight excluding hydrogens is 320 g/mol. The van der Waals surface area contributed by atoms with Crippen molar-refractivity contribution in [1.29, 1.82) is 0 Å². The van der Waals surface area contributed by atoms with Gasteiger partial charge in [-0.05, 0) is 51.5 Å². The van der Waals surface area contributed by atoms with Gasteiger partial charge in [-0.3, -0.25) is 0 Å². The lowest BCUT2D eigenvalue weighted by Gasteiger charge is -2.20. The van der Waals surface area contributed by atoms with Crippen molar-refractivity contribution in [2.75, 3.05) is 0 Å². The van der Waals surface area contributed by atoms with Crippen LogP contribution in [0.1, 0.15) is 31.9 Å². The van der Waals surface area contributed by atoms with Crippen molar-refractivity contribution >= 4 is 22.8 Å². The van der Waals surface area contributed by atoms with E-state index in [2.05, 4.69) is 0 Å². The molecule has 2 aromatic carbocycles. The molecule has 0 aliphatic heterocycles. The van der Waals surface area contributed by atoms with Crippen LogP contribution in [0.15, 0.2) is 64.4 Å². The number of benzene rings is 2. The summed E-state index contributed by atoms with van der Waals surface area (Å²) in [4.78, 5) is 13.3. The van der Waals surface area contributed by atoms with Gasteiger partial charge in [0.05, 0.1) is 10.8 Å². The van der Waals surface area contributed by atoms with Gasteiger partial charge >= 0.3 is 5.97 Å². The van der Waals surface area contributed by atoms with Crippen LogP contribution in [-0.4, -0.2) is 15.8 Å². The second-order valence-corrected chi connectivity index (χ2v) is 7.95. The molecule has 126 valence electrons. The highest BCUT2D eigenvalue weighted by atomic mass is 32.2. The number of rotatable bonds is 4. The predicted molar refractivity (Wildman–Crippen MR) is 97.9 cm³/mol. The van der Waals surface area contributed by atoms with E-state index in [0.29, 0.717) is 4.90 Å². The van der Waals surface area contributed by atoms with E-state index < -0.39 is 22.4 Å². The minimum atomic E-state index is -1.61. The Morgan fingerprint density at radius 3 is 2.12 bits per heavy atom. The van der Waals surface area contributed by atoms with Crippen LogP contribution in [0, 0.1) is 6.92 Å². The monoisotopic (exact) mass is 342 g/mol. The van der Waals surface area contributed by atoms with Gasteiger partial charge in [0.2, 0.25) is 0 Å². The summed E-state index contributed by atoms with van der Waals surface area (Å²) in [5.41, 5.74) is 1.23. The minimum absolute atomic E-state index is 0.139. The van der Waals surface area contributed by atoms with Crippen molar-refractivity contribution in [3.8, 4) is 0 Å². The van der Waals surface area contributed by atoms with Crippen molar-refractivity contribution in [3.63, 3.8) is 0 Å². The fourth-order valence-corrected chi connectivity index (χ4v) is 3.08. The van der Waals surface area contributed by atoms with E-state index in [4.69, 9.17) is 4.74 Å². The van der Waals surface area contributed by atoms with E-state index in [1.807, 2.05) is 49.4 Å². The fourth-order valence-electron chi connectivity index (χ4n) is 2.01. The number of aryl methyl sites for hydroxylation is 1. The smallest absolute Gasteiger partial charge is 0.348 e. The van der Waals surface area contributed by atoms with E-state index in [0.717, 1.165) is 11.1 Å². The van der Waals surface area contributed by atoms with Crippen LogP contribution in [0.5, 0.6) is 0 Å². The third-order valence-electron chi connectivity index (χ3n) is 3.13. The summed E-state index contributed by atoms with van der Waals surface area (Å²) in [5, 5.41) is 0. The first-order valence-corrected chi connectivity index (χ1v) is 8.90. The predicted octanol–water partition coefficient (Wildman–Crippen LogP) is 4.49. The number of carbonyl (C=O) groups excluding carboxylic acids is 1. The molecule has 0 aromatic heterocycles. The van der Waals surface area contributed by atoms with Gasteiger partial charge in [-0.2, -0.15) is 0 Å². The van der Waals surface area contributed by atoms with Gasteiger partial charge in [0.1, 0.15) is 10.5 Å². The molecule has 0 radical (unpaired) electrons. The van der Waals surface area contributed by atoms with E-state index in [-0.39, 0.29) is 4.91 Å². The van der Waals surface area contributed by atoms with Crippen LogP contribution in [0.3, 0.4) is 0 Å². The number of hydrogen-bond donors (Lipinski definition) is 0. The highest BCUT2D eigenvalue weighted by Crippen LogP contribution is 2.22. The summed E-state index contributed by atoms with van der Waals surface area (Å²) in [6.07, 6.45) is 1.63. The topological polar surface area (TPSA) is 43.4 Å². The zero-order valence-corrected chi connectivity index (χ0v) is 15.2. The van der Waals surface area contributed by atoms with Crippen LogP contribution in [0.4, 0.5) is 0 Å². The average Bonchev–Trinajstić information content (AvgIpc) is 2.52. The maximum atomic E-state index is 12.9. The van der Waals surface area contributed by atoms with Crippen molar-refractivity contribution in [2.24, 2.45) is 0 Å². The van der Waals surface area contributed by atoms with Gasteiger partial charge in [0.25, 0.3) is 0 Å². The zero-order valence-electron chi connectivity index (χ0n) is 14.4. The Balaban J connectivity index is 2.42. The van der Waals surface area contributed by atoms with Crippen molar-refractivity contribution in [3.05, 3.63) is 70.6 Å². The maximum Gasteiger partial charge on any atom is 0.348 e. The Morgan fingerprint density at radius 2 is 1.58 bits per heavy atom. The van der Waals surface area contributed by atoms with Gasteiger partial charge < -0.3 is 4.74 Å². The molecule has 0 unspecified atom stereocenters. The Bertz CT molecular complexity index is 754. The van der Waals surface area contributed by atoms with Crippen molar-refractivity contribution in [1.82, 2.24) is 0 Å². The van der Waals surface area contributed by atoms with Gasteiger partial charge in [-0.15, -0.1) is 0 Å². The molecule has 2 aromatic rings. The number of esters is 1. The molecule has 1 atom stereocenters. The van der Waals surface area contributed by atoms with Gasteiger partial charge in [0, 0.05) is 4.90 Å². The molecule has 0 spiro atoms. The maximum absolute atomic E-state index is 12.9. The fraction of sp³-hybridized carbons (Fsp3) is 0.250. The van der Waals surface area contributed by atoms with Crippen LogP contribution in [-0.2, 0) is 20.3 Å². The third-order valence-corrected chi connectivity index (χ3v) is 4.52. The standard InChI is InChI=1S/C20H22O3S/c1-15-10-12-17(13-11-15)24(22)18(19(21)23-20(2,3)4)14-16-8-6-5-7-9-16/h5-14H,1-4H3/b18-14+/t24-/m1/s1. The highest BCUT2D eigenvalue weighted by Gasteiger charge is 2.25. The summed E-state index contributed by atoms with van der Waals surface area (Å²) in [5.74, 6) is -0.565. The molecule has 0 heterocycles. The van der Waals surface area contributed by atoms with Crippen LogP contribution in [0.25, 0.3) is 6.08 Å². The summed E-state index contributed by atoms with van der Waals surface area (Å²) in [7, 11) is -1.61. The van der Waals surface area contributed by atoms with Crippen LogP contribution >= 0.6 is 0 Å². The SMILES string of the molecule is Cc1ccc([S@@](=O)/C(=C/c2ccccc2)C(=O)OC(C)(C)C)cc1. The molecule has 2 rings (SSSR count). The van der Waals surface area contributed by atoms with Crippen molar-refractivity contribution < 1.29 is 13.7 Å². The van der Waals surface area contributed by atoms with Crippen LogP contribution < -0.4 is 0 Å². The quantitative estimate of drug-likeness (QED) is 0.607. The third kappa shape index (κ3) is 5.17. The largest absolute Gasteiger partial charge is 0.456 e. The Morgan fingerprint density at radius 1 is 1.00 bits per heavy atom. The normalized spacial score (nSPS) is 13.4. The first kappa shape index (κ1) is 18.1. The lowest BCUT2D eigenvalue weighted by Crippen LogP contribution is -2.26. The lowest BCUT2D eigenvalue weighted by atomic mass is 10.2. The molecule has 0 saturated heterocycles. The molecule has 0 N–H and O–H groups in total. The second kappa shape index (κ2) is 7.58. The average molecular weight is 342 g/mol. The molecule has 0 amide bonds. The lowest BCUT2D eigenvalue weighted by molar-refractivity contribution is -0.148. The van der Waals surface area contributed by atoms with Gasteiger partial charge in [-0.1, -0.05) is 48.0 Å². The highest BCUT2D eigenvalue weighted by molar-refractivity contribution is 7.90. The molecular formula is C20H22O3S. The summed E-state index contributed by atoms with van der Waals surface area (Å²) >= 11 is 0. The Hall–Kier alpha value is -2.20. The first-order valence-electron chi connectivity index (χ1n) is 7.75. The number of carbonyl (C=O) groups is 1. The Kier molecular flexibility index (Phi) is 5.73. The number of ether oxygens (including phenoxy) is 1. The molecule has 3 nitrogen and oxygen atoms in total. The second-order valence-electron chi connectivity index (χ2n) is 6.50. The Labute approximate surface area is 145 Å². The first-order chi connectivity index (χ1) is 11.3. The molecule has 0 fully saturated rings. The molecule has 0 aliphatic carbocycles. The van der Waals surface area contributed by atoms with E-state index in [1.54, 1.807) is 39.0 Å². The molecule has 0 aliphatic rings. The van der Waals surface area contributed by atoms with Crippen molar-refractivity contribution in [2.45, 2.75) is 38.2 Å². The zero-order chi connectivity index (χ0) is 17.7. The van der Waals surface area contributed by atoms with E-state index in [9.17, 15) is 9.00 Å². The summed E-state index contributed by atoms with van der Waals surface area (Å²) in [6.45, 7) is 7.33. The van der Waals surface area contributed by atoms with Gasteiger partial charge in [0.15, 0.2) is 0 Å². The summed E-state index contributed by atoms with van der Waals surface area (Å²) < 4.78 is 18.4. The molecule has 0 bridgehead atoms. The van der Waals surface area contributed by atoms with E-state index in [1.165, 1.54) is 0 Å². The molecule has 4 heteroatoms. The molecule has 24 heavy (non-hydrogen) atoms. The minimum Gasteiger partial charge on any atom is -0.456 e. The summed E-state index contributed by atoms with van der Waals surface area (Å²) in [6, 6.07) is 16.6. The van der Waals surface area contributed by atoms with Gasteiger partial charge in [-0.25, -0.2) is 9.00 Å². The van der Waals surface area contributed by atoms with E-state index >= 15 is 0 Å². The van der Waals surface area contributed by atoms with Crippen LogP contribution in [0.2, 0.25) is 0 Å². The number of hydrogen-bond acceptors (Lipinski definition) is 3. The molecule has 0 saturated carbocycles.